The van der Waals surface area contributed by atoms with E-state index in [2.05, 4.69) is 52.2 Å². The van der Waals surface area contributed by atoms with Crippen LogP contribution in [-0.4, -0.2) is 49.3 Å². The molecule has 0 aromatic carbocycles. The van der Waals surface area contributed by atoms with Crippen LogP contribution < -0.4 is 5.32 Å². The number of nitrogens with one attached hydrogen (secondary N) is 1. The predicted molar refractivity (Wildman–Crippen MR) is 77.2 cm³/mol. The van der Waals surface area contributed by atoms with Gasteiger partial charge in [0.05, 0.1) is 13.2 Å². The van der Waals surface area contributed by atoms with E-state index >= 15 is 0 Å². The van der Waals surface area contributed by atoms with Gasteiger partial charge in [0.2, 0.25) is 0 Å². The molecule has 1 atom stereocenters. The maximum absolute atomic E-state index is 5.39. The number of nitrogens with zero attached hydrogens (tertiary/aromatic N) is 3. The molecular weight excluding hydrogens is 240 g/mol. The lowest BCUT2D eigenvalue weighted by Crippen LogP contribution is -2.41. The summed E-state index contributed by atoms with van der Waals surface area (Å²) in [7, 11) is 5.96. The van der Waals surface area contributed by atoms with E-state index in [1.54, 1.807) is 0 Å². The molecule has 1 N–H and O–H groups in total. The van der Waals surface area contributed by atoms with E-state index < -0.39 is 0 Å². The molecule has 19 heavy (non-hydrogen) atoms. The van der Waals surface area contributed by atoms with Crippen molar-refractivity contribution in [3.8, 4) is 0 Å². The van der Waals surface area contributed by atoms with Crippen molar-refractivity contribution in [3.63, 3.8) is 0 Å². The van der Waals surface area contributed by atoms with Crippen molar-refractivity contribution in [2.75, 3.05) is 33.9 Å². The number of hydrogen-bond donors (Lipinski definition) is 1. The van der Waals surface area contributed by atoms with Crippen LogP contribution in [0, 0.1) is 5.92 Å². The van der Waals surface area contributed by atoms with Gasteiger partial charge in [-0.2, -0.15) is 0 Å². The summed E-state index contributed by atoms with van der Waals surface area (Å²) in [6.45, 7) is 3.55. The molecule has 0 spiro atoms. The Morgan fingerprint density at radius 1 is 1.63 bits per heavy atom. The summed E-state index contributed by atoms with van der Waals surface area (Å²) in [6, 6.07) is 4.20. The van der Waals surface area contributed by atoms with E-state index in [-0.39, 0.29) is 0 Å². The highest BCUT2D eigenvalue weighted by Crippen LogP contribution is 2.11. The Kier molecular flexibility index (Phi) is 4.85. The zero-order valence-corrected chi connectivity index (χ0v) is 12.1. The fourth-order valence-corrected chi connectivity index (χ4v) is 2.34. The zero-order valence-electron chi connectivity index (χ0n) is 12.1. The Balaban J connectivity index is 1.84. The van der Waals surface area contributed by atoms with Crippen LogP contribution in [0.1, 0.15) is 12.1 Å². The molecule has 1 fully saturated rings. The third-order valence-electron chi connectivity index (χ3n) is 3.60. The Bertz CT molecular complexity index is 421. The van der Waals surface area contributed by atoms with E-state index in [1.165, 1.54) is 5.69 Å². The quantitative estimate of drug-likeness (QED) is 0.653. The highest BCUT2D eigenvalue weighted by molar-refractivity contribution is 5.79. The van der Waals surface area contributed by atoms with E-state index in [0.29, 0.717) is 5.92 Å². The smallest absolute Gasteiger partial charge is 0.193 e. The van der Waals surface area contributed by atoms with Crippen LogP contribution >= 0.6 is 0 Å². The molecule has 0 bridgehead atoms. The van der Waals surface area contributed by atoms with Gasteiger partial charge >= 0.3 is 0 Å². The second-order valence-electron chi connectivity index (χ2n) is 5.12. The average molecular weight is 264 g/mol. The minimum Gasteiger partial charge on any atom is -0.381 e. The van der Waals surface area contributed by atoms with Crippen LogP contribution in [0.15, 0.2) is 23.3 Å². The van der Waals surface area contributed by atoms with Gasteiger partial charge in [0, 0.05) is 52.1 Å². The Morgan fingerprint density at radius 3 is 3.05 bits per heavy atom. The van der Waals surface area contributed by atoms with Crippen molar-refractivity contribution < 1.29 is 4.74 Å². The highest BCUT2D eigenvalue weighted by atomic mass is 16.5. The largest absolute Gasteiger partial charge is 0.381 e. The topological polar surface area (TPSA) is 41.8 Å². The van der Waals surface area contributed by atoms with Crippen LogP contribution in [0.25, 0.3) is 0 Å². The summed E-state index contributed by atoms with van der Waals surface area (Å²) >= 11 is 0. The van der Waals surface area contributed by atoms with Gasteiger partial charge in [-0.1, -0.05) is 0 Å². The normalized spacial score (nSPS) is 19.7. The first-order valence-corrected chi connectivity index (χ1v) is 6.80. The lowest BCUT2D eigenvalue weighted by atomic mass is 10.1. The Hall–Kier alpha value is -1.49. The van der Waals surface area contributed by atoms with Gasteiger partial charge in [-0.25, -0.2) is 0 Å². The van der Waals surface area contributed by atoms with E-state index in [0.717, 1.165) is 38.7 Å². The van der Waals surface area contributed by atoms with E-state index in [1.807, 2.05) is 7.05 Å². The number of aromatic nitrogens is 1. The summed E-state index contributed by atoms with van der Waals surface area (Å²) in [5, 5.41) is 3.43. The lowest BCUT2D eigenvalue weighted by Gasteiger charge is -2.23. The molecule has 1 aromatic rings. The van der Waals surface area contributed by atoms with Gasteiger partial charge in [-0.05, 0) is 18.6 Å². The summed E-state index contributed by atoms with van der Waals surface area (Å²) in [5.74, 6) is 1.55. The van der Waals surface area contributed by atoms with Gasteiger partial charge < -0.3 is 19.5 Å². The SMILES string of the molecule is CN=C(NCC1CCOC1)N(C)Cc1cccn1C. The van der Waals surface area contributed by atoms with Crippen LogP contribution in [0.4, 0.5) is 0 Å². The molecule has 1 saturated heterocycles. The number of rotatable bonds is 4. The Morgan fingerprint density at radius 2 is 2.47 bits per heavy atom. The number of aryl methyl sites for hydroxylation is 1. The minimum absolute atomic E-state index is 0.611. The average Bonchev–Trinajstić information content (AvgIpc) is 3.03. The fourth-order valence-electron chi connectivity index (χ4n) is 2.34. The Labute approximate surface area is 115 Å². The zero-order chi connectivity index (χ0) is 13.7. The first-order chi connectivity index (χ1) is 9.20. The first-order valence-electron chi connectivity index (χ1n) is 6.80. The standard InChI is InChI=1S/C14H24N4O/c1-15-14(16-9-12-6-8-19-11-12)18(3)10-13-5-4-7-17(13)2/h4-5,7,12H,6,8-11H2,1-3H3,(H,15,16). The molecule has 1 aliphatic rings. The molecule has 0 saturated carbocycles. The van der Waals surface area contributed by atoms with Crippen LogP contribution in [0.5, 0.6) is 0 Å². The van der Waals surface area contributed by atoms with Crippen molar-refractivity contribution in [2.24, 2.45) is 18.0 Å². The van der Waals surface area contributed by atoms with Crippen LogP contribution in [0.2, 0.25) is 0 Å². The summed E-state index contributed by atoms with van der Waals surface area (Å²) in [6.07, 6.45) is 3.21. The summed E-state index contributed by atoms with van der Waals surface area (Å²) < 4.78 is 7.52. The molecule has 106 valence electrons. The number of ether oxygens (including phenoxy) is 1. The van der Waals surface area contributed by atoms with Crippen molar-refractivity contribution in [1.82, 2.24) is 14.8 Å². The molecule has 0 radical (unpaired) electrons. The maximum Gasteiger partial charge on any atom is 0.193 e. The lowest BCUT2D eigenvalue weighted by molar-refractivity contribution is 0.186. The molecule has 0 amide bonds. The van der Waals surface area contributed by atoms with Crippen molar-refractivity contribution in [2.45, 2.75) is 13.0 Å². The van der Waals surface area contributed by atoms with Crippen molar-refractivity contribution >= 4 is 5.96 Å². The predicted octanol–water partition coefficient (Wildman–Crippen LogP) is 1.07. The van der Waals surface area contributed by atoms with Crippen LogP contribution in [0.3, 0.4) is 0 Å². The molecule has 0 aliphatic carbocycles. The summed E-state index contributed by atoms with van der Waals surface area (Å²) in [4.78, 5) is 6.48. The molecule has 5 nitrogen and oxygen atoms in total. The number of aliphatic imine (C=N–C) groups is 1. The highest BCUT2D eigenvalue weighted by Gasteiger charge is 2.16. The molecule has 1 aliphatic heterocycles. The van der Waals surface area contributed by atoms with Crippen molar-refractivity contribution in [3.05, 3.63) is 24.0 Å². The number of hydrogen-bond acceptors (Lipinski definition) is 2. The third-order valence-corrected chi connectivity index (χ3v) is 3.60. The van der Waals surface area contributed by atoms with Crippen LogP contribution in [-0.2, 0) is 18.3 Å². The van der Waals surface area contributed by atoms with Gasteiger partial charge in [0.25, 0.3) is 0 Å². The van der Waals surface area contributed by atoms with Crippen molar-refractivity contribution in [1.29, 1.82) is 0 Å². The first kappa shape index (κ1) is 13.9. The minimum atomic E-state index is 0.611. The molecule has 2 heterocycles. The molecule has 5 heteroatoms. The van der Waals surface area contributed by atoms with E-state index in [9.17, 15) is 0 Å². The number of guanidine groups is 1. The molecular formula is C14H24N4O. The van der Waals surface area contributed by atoms with Gasteiger partial charge in [0.1, 0.15) is 0 Å². The third kappa shape index (κ3) is 3.73. The monoisotopic (exact) mass is 264 g/mol. The molecule has 1 unspecified atom stereocenters. The van der Waals surface area contributed by atoms with Gasteiger partial charge in [-0.15, -0.1) is 0 Å². The molecule has 1 aromatic heterocycles. The summed E-state index contributed by atoms with van der Waals surface area (Å²) in [5.41, 5.74) is 1.27. The van der Waals surface area contributed by atoms with E-state index in [4.69, 9.17) is 4.74 Å². The maximum atomic E-state index is 5.39. The fraction of sp³-hybridized carbons (Fsp3) is 0.643. The second-order valence-corrected chi connectivity index (χ2v) is 5.12. The van der Waals surface area contributed by atoms with Gasteiger partial charge in [0.15, 0.2) is 5.96 Å². The molecule has 2 rings (SSSR count). The second kappa shape index (κ2) is 6.61. The van der Waals surface area contributed by atoms with Gasteiger partial charge in [-0.3, -0.25) is 4.99 Å².